The van der Waals surface area contributed by atoms with Gasteiger partial charge in [0.25, 0.3) is 0 Å². The number of ether oxygens (including phenoxy) is 1. The summed E-state index contributed by atoms with van der Waals surface area (Å²) in [5, 5.41) is 8.71. The van der Waals surface area contributed by atoms with Crippen LogP contribution in [-0.2, 0) is 14.3 Å². The fourth-order valence-electron chi connectivity index (χ4n) is 6.54. The minimum Gasteiger partial charge on any atom is -0.481 e. The molecular weight excluding hydrogens is 556 g/mol. The van der Waals surface area contributed by atoms with E-state index in [1.54, 1.807) is 0 Å². The van der Waals surface area contributed by atoms with Gasteiger partial charge in [-0.15, -0.1) is 0 Å². The Morgan fingerprint density at radius 3 is 1.02 bits per heavy atom. The lowest BCUT2D eigenvalue weighted by atomic mass is 10.0. The summed E-state index contributed by atoms with van der Waals surface area (Å²) in [6, 6.07) is 0. The third-order valence-electron chi connectivity index (χ3n) is 9.58. The number of aliphatic carboxylic acids is 1. The molecule has 0 aliphatic rings. The van der Waals surface area contributed by atoms with Gasteiger partial charge >= 0.3 is 11.9 Å². The van der Waals surface area contributed by atoms with Crippen LogP contribution in [0.4, 0.5) is 0 Å². The number of unbranched alkanes of at least 4 members (excludes halogenated alkanes) is 29. The lowest BCUT2D eigenvalue weighted by Crippen LogP contribution is -2.18. The maximum atomic E-state index is 12.5. The highest BCUT2D eigenvalue weighted by molar-refractivity contribution is 5.69. The van der Waals surface area contributed by atoms with E-state index in [0.717, 1.165) is 57.8 Å². The zero-order chi connectivity index (χ0) is 32.9. The number of rotatable bonds is 38. The normalized spacial score (nSPS) is 12.0. The van der Waals surface area contributed by atoms with Crippen molar-refractivity contribution < 1.29 is 19.4 Å². The van der Waals surface area contributed by atoms with Crippen molar-refractivity contribution in [3.63, 3.8) is 0 Å². The van der Waals surface area contributed by atoms with Crippen LogP contribution >= 0.6 is 0 Å². The molecule has 0 heterocycles. The molecule has 0 spiro atoms. The first-order valence-electron chi connectivity index (χ1n) is 20.5. The highest BCUT2D eigenvalue weighted by Gasteiger charge is 2.14. The van der Waals surface area contributed by atoms with E-state index in [4.69, 9.17) is 9.84 Å². The first-order chi connectivity index (χ1) is 22.1. The molecule has 0 bridgehead atoms. The molecule has 0 aliphatic carbocycles. The topological polar surface area (TPSA) is 63.6 Å². The van der Waals surface area contributed by atoms with Crippen molar-refractivity contribution in [1.29, 1.82) is 0 Å². The number of hydrogen-bond donors (Lipinski definition) is 1. The van der Waals surface area contributed by atoms with Crippen molar-refractivity contribution in [1.82, 2.24) is 0 Å². The van der Waals surface area contributed by atoms with Gasteiger partial charge in [0.1, 0.15) is 6.10 Å². The molecule has 1 atom stereocenters. The molecular formula is C41H80O4. The van der Waals surface area contributed by atoms with Crippen molar-refractivity contribution in [3.05, 3.63) is 0 Å². The molecule has 4 nitrogen and oxygen atoms in total. The first kappa shape index (κ1) is 43.9. The highest BCUT2D eigenvalue weighted by Crippen LogP contribution is 2.19. The standard InChI is InChI=1S/C41H80O4/c1-3-5-7-8-9-10-11-12-13-14-15-16-17-18-19-20-21-22-27-30-34-38-41(44)45-39(35-31-6-4-2)36-32-28-25-23-24-26-29-33-37-40(42)43/h39H,3-38H2,1-2H3,(H,42,43). The summed E-state index contributed by atoms with van der Waals surface area (Å²) in [4.78, 5) is 23.1. The van der Waals surface area contributed by atoms with Crippen molar-refractivity contribution in [2.24, 2.45) is 0 Å². The Balaban J connectivity index is 3.59. The Kier molecular flexibility index (Phi) is 36.5. The van der Waals surface area contributed by atoms with Crippen LogP contribution in [0, 0.1) is 0 Å². The van der Waals surface area contributed by atoms with Crippen LogP contribution in [0.2, 0.25) is 0 Å². The van der Waals surface area contributed by atoms with Crippen molar-refractivity contribution in [3.8, 4) is 0 Å². The molecule has 0 saturated carbocycles. The van der Waals surface area contributed by atoms with Crippen molar-refractivity contribution in [2.75, 3.05) is 0 Å². The molecule has 0 aromatic heterocycles. The zero-order valence-electron chi connectivity index (χ0n) is 30.7. The minimum atomic E-state index is -0.680. The van der Waals surface area contributed by atoms with Crippen molar-refractivity contribution in [2.45, 2.75) is 251 Å². The first-order valence-corrected chi connectivity index (χ1v) is 20.5. The molecule has 0 fully saturated rings. The second-order valence-electron chi connectivity index (χ2n) is 14.2. The van der Waals surface area contributed by atoms with Gasteiger partial charge in [0, 0.05) is 12.8 Å². The van der Waals surface area contributed by atoms with E-state index in [1.165, 1.54) is 161 Å². The Hall–Kier alpha value is -1.06. The number of carbonyl (C=O) groups is 2. The Bertz CT molecular complexity index is 604. The van der Waals surface area contributed by atoms with E-state index in [2.05, 4.69) is 13.8 Å². The summed E-state index contributed by atoms with van der Waals surface area (Å²) in [7, 11) is 0. The lowest BCUT2D eigenvalue weighted by Gasteiger charge is -2.18. The van der Waals surface area contributed by atoms with E-state index in [0.29, 0.717) is 12.8 Å². The Morgan fingerprint density at radius 2 is 0.667 bits per heavy atom. The van der Waals surface area contributed by atoms with Crippen molar-refractivity contribution >= 4 is 11.9 Å². The zero-order valence-corrected chi connectivity index (χ0v) is 30.7. The summed E-state index contributed by atoms with van der Waals surface area (Å²) >= 11 is 0. The number of hydrogen-bond acceptors (Lipinski definition) is 3. The lowest BCUT2D eigenvalue weighted by molar-refractivity contribution is -0.150. The van der Waals surface area contributed by atoms with Gasteiger partial charge in [0.15, 0.2) is 0 Å². The van der Waals surface area contributed by atoms with E-state index in [1.807, 2.05) is 0 Å². The number of carboxylic acid groups (broad SMARTS) is 1. The smallest absolute Gasteiger partial charge is 0.306 e. The number of esters is 1. The van der Waals surface area contributed by atoms with Crippen LogP contribution in [0.1, 0.15) is 245 Å². The number of carbonyl (C=O) groups excluding carboxylic acids is 1. The van der Waals surface area contributed by atoms with E-state index in [-0.39, 0.29) is 12.1 Å². The van der Waals surface area contributed by atoms with Gasteiger partial charge in [0.05, 0.1) is 0 Å². The van der Waals surface area contributed by atoms with Crippen LogP contribution in [0.5, 0.6) is 0 Å². The average molecular weight is 637 g/mol. The molecule has 0 aliphatic heterocycles. The van der Waals surface area contributed by atoms with E-state index >= 15 is 0 Å². The summed E-state index contributed by atoms with van der Waals surface area (Å²) in [6.07, 6.45) is 44.5. The highest BCUT2D eigenvalue weighted by atomic mass is 16.5. The van der Waals surface area contributed by atoms with Gasteiger partial charge in [-0.1, -0.05) is 194 Å². The van der Waals surface area contributed by atoms with Gasteiger partial charge in [-0.25, -0.2) is 0 Å². The second-order valence-corrected chi connectivity index (χ2v) is 14.2. The summed E-state index contributed by atoms with van der Waals surface area (Å²) in [5.74, 6) is -0.657. The monoisotopic (exact) mass is 637 g/mol. The predicted molar refractivity (Wildman–Crippen MR) is 195 cm³/mol. The largest absolute Gasteiger partial charge is 0.481 e. The summed E-state index contributed by atoms with van der Waals surface area (Å²) < 4.78 is 5.95. The molecule has 1 unspecified atom stereocenters. The van der Waals surface area contributed by atoms with Gasteiger partial charge < -0.3 is 9.84 Å². The molecule has 45 heavy (non-hydrogen) atoms. The van der Waals surface area contributed by atoms with E-state index in [9.17, 15) is 9.59 Å². The van der Waals surface area contributed by atoms with Gasteiger partial charge in [-0.2, -0.15) is 0 Å². The minimum absolute atomic E-state index is 0.0238. The fraction of sp³-hybridized carbons (Fsp3) is 0.951. The van der Waals surface area contributed by atoms with E-state index < -0.39 is 5.97 Å². The quantitative estimate of drug-likeness (QED) is 0.0541. The maximum absolute atomic E-state index is 12.5. The molecule has 1 N–H and O–H groups in total. The second kappa shape index (κ2) is 37.4. The Morgan fingerprint density at radius 1 is 0.400 bits per heavy atom. The molecule has 0 aromatic rings. The SMILES string of the molecule is CCCCCCCCCCCCCCCCCCCCCCCC(=O)OC(CCCCC)CCCCCCCCCCC(=O)O. The predicted octanol–water partition coefficient (Wildman–Crippen LogP) is 14.1. The van der Waals surface area contributed by atoms with Crippen LogP contribution in [0.15, 0.2) is 0 Å². The summed E-state index contributed by atoms with van der Waals surface area (Å²) in [6.45, 7) is 4.52. The summed E-state index contributed by atoms with van der Waals surface area (Å²) in [5.41, 5.74) is 0. The third-order valence-corrected chi connectivity index (χ3v) is 9.58. The average Bonchev–Trinajstić information content (AvgIpc) is 3.02. The maximum Gasteiger partial charge on any atom is 0.306 e. The van der Waals surface area contributed by atoms with Gasteiger partial charge in [-0.3, -0.25) is 9.59 Å². The van der Waals surface area contributed by atoms with Crippen LogP contribution in [-0.4, -0.2) is 23.1 Å². The fourth-order valence-corrected chi connectivity index (χ4v) is 6.54. The molecule has 0 radical (unpaired) electrons. The molecule has 4 heteroatoms. The van der Waals surface area contributed by atoms with Gasteiger partial charge in [0.2, 0.25) is 0 Å². The molecule has 268 valence electrons. The van der Waals surface area contributed by atoms with Crippen LogP contribution in [0.25, 0.3) is 0 Å². The molecule has 0 amide bonds. The molecule has 0 aromatic carbocycles. The number of carboxylic acids is 1. The van der Waals surface area contributed by atoms with Crippen LogP contribution in [0.3, 0.4) is 0 Å². The molecule has 0 rings (SSSR count). The Labute approximate surface area is 282 Å². The molecule has 0 saturated heterocycles. The van der Waals surface area contributed by atoms with Gasteiger partial charge in [-0.05, 0) is 38.5 Å². The van der Waals surface area contributed by atoms with Crippen LogP contribution < -0.4 is 0 Å². The third kappa shape index (κ3) is 37.3.